The van der Waals surface area contributed by atoms with Gasteiger partial charge in [0.05, 0.1) is 5.92 Å². The lowest BCUT2D eigenvalue weighted by molar-refractivity contribution is -0.122. The predicted octanol–water partition coefficient (Wildman–Crippen LogP) is 1.47. The molecule has 2 rings (SSSR count). The lowest BCUT2D eigenvalue weighted by Crippen LogP contribution is -2.44. The summed E-state index contributed by atoms with van der Waals surface area (Å²) >= 11 is 3.08. The molecule has 110 valence electrons. The molecule has 1 aliphatic rings. The van der Waals surface area contributed by atoms with Crippen molar-refractivity contribution in [2.24, 2.45) is 11.7 Å². The molecule has 20 heavy (non-hydrogen) atoms. The van der Waals surface area contributed by atoms with Crippen LogP contribution in [0.25, 0.3) is 0 Å². The highest BCUT2D eigenvalue weighted by molar-refractivity contribution is 9.10. The smallest absolute Gasteiger partial charge is 0.246 e. The summed E-state index contributed by atoms with van der Waals surface area (Å²) in [6, 6.07) is 3.77. The van der Waals surface area contributed by atoms with Crippen LogP contribution in [0.5, 0.6) is 0 Å². The van der Waals surface area contributed by atoms with Crippen LogP contribution in [-0.2, 0) is 14.8 Å². The highest BCUT2D eigenvalue weighted by Crippen LogP contribution is 2.26. The first-order valence-corrected chi connectivity index (χ1v) is 8.30. The van der Waals surface area contributed by atoms with Crippen LogP contribution in [0, 0.1) is 11.7 Å². The van der Waals surface area contributed by atoms with E-state index in [1.165, 1.54) is 12.1 Å². The molecular formula is C12H14BrFN2O3S. The van der Waals surface area contributed by atoms with Crippen molar-refractivity contribution in [3.8, 4) is 0 Å². The monoisotopic (exact) mass is 364 g/mol. The summed E-state index contributed by atoms with van der Waals surface area (Å²) in [5.74, 6) is -1.86. The molecule has 1 fully saturated rings. The van der Waals surface area contributed by atoms with E-state index in [0.29, 0.717) is 17.3 Å². The lowest BCUT2D eigenvalue weighted by atomic mass is 9.99. The molecule has 0 saturated carbocycles. The highest BCUT2D eigenvalue weighted by atomic mass is 79.9. The summed E-state index contributed by atoms with van der Waals surface area (Å²) in [5, 5.41) is 0. The van der Waals surface area contributed by atoms with Crippen LogP contribution in [0.1, 0.15) is 12.8 Å². The van der Waals surface area contributed by atoms with E-state index in [1.807, 2.05) is 0 Å². The standard InChI is InChI=1S/C12H14BrFN2O3S/c13-9-3-4-11(10(14)6-9)20(18,19)16-5-1-2-8(7-16)12(15)17/h3-4,6,8H,1-2,5,7H2,(H2,15,17). The largest absolute Gasteiger partial charge is 0.369 e. The van der Waals surface area contributed by atoms with Crippen LogP contribution in [0.4, 0.5) is 4.39 Å². The summed E-state index contributed by atoms with van der Waals surface area (Å²) in [4.78, 5) is 10.8. The number of benzene rings is 1. The zero-order valence-electron chi connectivity index (χ0n) is 10.6. The van der Waals surface area contributed by atoms with E-state index in [0.717, 1.165) is 10.4 Å². The van der Waals surface area contributed by atoms with E-state index in [-0.39, 0.29) is 18.0 Å². The van der Waals surface area contributed by atoms with Gasteiger partial charge in [-0.05, 0) is 31.0 Å². The number of hydrogen-bond acceptors (Lipinski definition) is 3. The van der Waals surface area contributed by atoms with Crippen molar-refractivity contribution in [1.29, 1.82) is 0 Å². The Labute approximate surface area is 125 Å². The fraction of sp³-hybridized carbons (Fsp3) is 0.417. The van der Waals surface area contributed by atoms with Gasteiger partial charge in [0.15, 0.2) is 0 Å². The second-order valence-electron chi connectivity index (χ2n) is 4.68. The van der Waals surface area contributed by atoms with Crippen molar-refractivity contribution in [3.05, 3.63) is 28.5 Å². The number of halogens is 2. The number of hydrogen-bond donors (Lipinski definition) is 1. The molecule has 1 aromatic carbocycles. The minimum Gasteiger partial charge on any atom is -0.369 e. The Hall–Kier alpha value is -0.990. The summed E-state index contributed by atoms with van der Waals surface area (Å²) < 4.78 is 40.2. The molecule has 0 radical (unpaired) electrons. The third-order valence-electron chi connectivity index (χ3n) is 3.30. The van der Waals surface area contributed by atoms with Crippen LogP contribution in [-0.4, -0.2) is 31.7 Å². The predicted molar refractivity (Wildman–Crippen MR) is 74.8 cm³/mol. The van der Waals surface area contributed by atoms with E-state index < -0.39 is 27.7 Å². The molecule has 8 heteroatoms. The molecular weight excluding hydrogens is 351 g/mol. The van der Waals surface area contributed by atoms with Gasteiger partial charge in [0.1, 0.15) is 10.7 Å². The van der Waals surface area contributed by atoms with Crippen LogP contribution >= 0.6 is 15.9 Å². The Morgan fingerprint density at radius 3 is 2.75 bits per heavy atom. The summed E-state index contributed by atoms with van der Waals surface area (Å²) in [6.07, 6.45) is 1.09. The Kier molecular flexibility index (Phi) is 4.46. The first-order chi connectivity index (χ1) is 9.32. The Morgan fingerprint density at radius 1 is 1.45 bits per heavy atom. The molecule has 0 spiro atoms. The van der Waals surface area contributed by atoms with Gasteiger partial charge in [-0.3, -0.25) is 4.79 Å². The Balaban J connectivity index is 2.32. The topological polar surface area (TPSA) is 80.5 Å². The Morgan fingerprint density at radius 2 is 2.15 bits per heavy atom. The molecule has 1 atom stereocenters. The second kappa shape index (κ2) is 5.79. The van der Waals surface area contributed by atoms with E-state index >= 15 is 0 Å². The number of primary amides is 1. The molecule has 1 heterocycles. The van der Waals surface area contributed by atoms with E-state index in [1.54, 1.807) is 0 Å². The number of nitrogens with zero attached hydrogens (tertiary/aromatic N) is 1. The molecule has 1 saturated heterocycles. The minimum absolute atomic E-state index is 0.00711. The first-order valence-electron chi connectivity index (χ1n) is 6.07. The second-order valence-corrected chi connectivity index (χ2v) is 7.50. The number of nitrogens with two attached hydrogens (primary N) is 1. The van der Waals surface area contributed by atoms with Gasteiger partial charge in [-0.15, -0.1) is 0 Å². The number of rotatable bonds is 3. The van der Waals surface area contributed by atoms with Gasteiger partial charge >= 0.3 is 0 Å². The van der Waals surface area contributed by atoms with Crippen molar-refractivity contribution < 1.29 is 17.6 Å². The maximum absolute atomic E-state index is 13.8. The average Bonchev–Trinajstić information content (AvgIpc) is 2.38. The zero-order valence-corrected chi connectivity index (χ0v) is 13.0. The molecule has 0 bridgehead atoms. The van der Waals surface area contributed by atoms with Crippen LogP contribution < -0.4 is 5.73 Å². The molecule has 0 aromatic heterocycles. The summed E-state index contributed by atoms with van der Waals surface area (Å²) in [6.45, 7) is 0.273. The summed E-state index contributed by atoms with van der Waals surface area (Å²) in [5.41, 5.74) is 5.22. The van der Waals surface area contributed by atoms with Crippen LogP contribution in [0.3, 0.4) is 0 Å². The third kappa shape index (κ3) is 3.02. The SMILES string of the molecule is NC(=O)C1CCCN(S(=O)(=O)c2ccc(Br)cc2F)C1. The molecule has 1 amide bonds. The number of piperidine rings is 1. The lowest BCUT2D eigenvalue weighted by Gasteiger charge is -2.30. The van der Waals surface area contributed by atoms with E-state index in [9.17, 15) is 17.6 Å². The van der Waals surface area contributed by atoms with Crippen molar-refractivity contribution in [2.75, 3.05) is 13.1 Å². The normalized spacial score (nSPS) is 20.8. The number of carbonyl (C=O) groups excluding carboxylic acids is 1. The fourth-order valence-electron chi connectivity index (χ4n) is 2.22. The molecule has 0 aliphatic carbocycles. The van der Waals surface area contributed by atoms with Gasteiger partial charge in [-0.1, -0.05) is 15.9 Å². The zero-order chi connectivity index (χ0) is 14.9. The summed E-state index contributed by atoms with van der Waals surface area (Å²) in [7, 11) is -3.95. The number of amides is 1. The first kappa shape index (κ1) is 15.4. The maximum Gasteiger partial charge on any atom is 0.246 e. The van der Waals surface area contributed by atoms with Crippen molar-refractivity contribution in [2.45, 2.75) is 17.7 Å². The molecule has 5 nitrogen and oxygen atoms in total. The van der Waals surface area contributed by atoms with Gasteiger partial charge in [0, 0.05) is 17.6 Å². The third-order valence-corrected chi connectivity index (χ3v) is 5.69. The van der Waals surface area contributed by atoms with Crippen LogP contribution in [0.2, 0.25) is 0 Å². The maximum atomic E-state index is 13.8. The number of carbonyl (C=O) groups is 1. The van der Waals surface area contributed by atoms with Gasteiger partial charge in [-0.25, -0.2) is 12.8 Å². The highest BCUT2D eigenvalue weighted by Gasteiger charge is 2.33. The van der Waals surface area contributed by atoms with Gasteiger partial charge in [0.2, 0.25) is 15.9 Å². The van der Waals surface area contributed by atoms with Crippen molar-refractivity contribution >= 4 is 31.9 Å². The van der Waals surface area contributed by atoms with Crippen molar-refractivity contribution in [1.82, 2.24) is 4.31 Å². The van der Waals surface area contributed by atoms with Gasteiger partial charge in [-0.2, -0.15) is 4.31 Å². The molecule has 1 aliphatic heterocycles. The molecule has 1 unspecified atom stereocenters. The fourth-order valence-corrected chi connectivity index (χ4v) is 4.12. The minimum atomic E-state index is -3.95. The molecule has 1 aromatic rings. The van der Waals surface area contributed by atoms with E-state index in [2.05, 4.69) is 15.9 Å². The Bertz CT molecular complexity index is 636. The molecule has 2 N–H and O–H groups in total. The van der Waals surface area contributed by atoms with Gasteiger partial charge in [0.25, 0.3) is 0 Å². The van der Waals surface area contributed by atoms with E-state index in [4.69, 9.17) is 5.73 Å². The van der Waals surface area contributed by atoms with Crippen molar-refractivity contribution in [3.63, 3.8) is 0 Å². The average molecular weight is 365 g/mol. The van der Waals surface area contributed by atoms with Gasteiger partial charge < -0.3 is 5.73 Å². The van der Waals surface area contributed by atoms with Crippen LogP contribution in [0.15, 0.2) is 27.6 Å². The number of sulfonamides is 1. The quantitative estimate of drug-likeness (QED) is 0.881.